The monoisotopic (exact) mass is 467 g/mol. The van der Waals surface area contributed by atoms with Crippen LogP contribution in [0.3, 0.4) is 0 Å². The molecule has 0 radical (unpaired) electrons. The molecular formula is C25H29N3O4S. The second-order valence-corrected chi connectivity index (χ2v) is 9.37. The minimum atomic E-state index is -0.861. The van der Waals surface area contributed by atoms with Gasteiger partial charge in [0, 0.05) is 30.1 Å². The average molecular weight is 468 g/mol. The number of hydrogen-bond donors (Lipinski definition) is 1. The summed E-state index contributed by atoms with van der Waals surface area (Å²) in [7, 11) is 1.59. The zero-order valence-electron chi connectivity index (χ0n) is 18.8. The van der Waals surface area contributed by atoms with E-state index in [1.165, 1.54) is 16.7 Å². The van der Waals surface area contributed by atoms with Crippen molar-refractivity contribution in [2.45, 2.75) is 42.4 Å². The van der Waals surface area contributed by atoms with Crippen LogP contribution in [0.15, 0.2) is 53.4 Å². The third-order valence-electron chi connectivity index (χ3n) is 6.00. The minimum Gasteiger partial charge on any atom is -0.496 e. The maximum absolute atomic E-state index is 13.4. The molecule has 0 aliphatic carbocycles. The Morgan fingerprint density at radius 1 is 1.03 bits per heavy atom. The molecule has 0 spiro atoms. The number of thioether (sulfide) groups is 1. The molecule has 0 unspecified atom stereocenters. The molecular weight excluding hydrogens is 438 g/mol. The van der Waals surface area contributed by atoms with Gasteiger partial charge in [-0.15, -0.1) is 11.8 Å². The molecule has 2 aromatic rings. The van der Waals surface area contributed by atoms with Crippen molar-refractivity contribution in [2.24, 2.45) is 0 Å². The highest BCUT2D eigenvalue weighted by atomic mass is 32.2. The zero-order valence-corrected chi connectivity index (χ0v) is 19.6. The van der Waals surface area contributed by atoms with Crippen molar-refractivity contribution in [1.29, 1.82) is 0 Å². The number of nitrogens with zero attached hydrogens (tertiary/aromatic N) is 2. The van der Waals surface area contributed by atoms with E-state index in [2.05, 4.69) is 5.32 Å². The van der Waals surface area contributed by atoms with Crippen LogP contribution in [0.4, 0.5) is 5.69 Å². The van der Waals surface area contributed by atoms with E-state index < -0.39 is 5.25 Å². The molecule has 2 aliphatic heterocycles. The first-order valence-corrected chi connectivity index (χ1v) is 12.2. The Balaban J connectivity index is 1.49. The topological polar surface area (TPSA) is 79.0 Å². The number of benzene rings is 2. The van der Waals surface area contributed by atoms with Crippen molar-refractivity contribution in [1.82, 2.24) is 10.2 Å². The molecule has 1 saturated heterocycles. The summed E-state index contributed by atoms with van der Waals surface area (Å²) in [6, 6.07) is 14.9. The summed E-state index contributed by atoms with van der Waals surface area (Å²) >= 11 is 1.29. The molecule has 1 atom stereocenters. The molecule has 7 nitrogen and oxygen atoms in total. The lowest BCUT2D eigenvalue weighted by molar-refractivity contribution is -0.135. The summed E-state index contributed by atoms with van der Waals surface area (Å²) in [4.78, 5) is 43.6. The van der Waals surface area contributed by atoms with E-state index in [9.17, 15) is 14.4 Å². The molecule has 3 amide bonds. The van der Waals surface area contributed by atoms with Crippen molar-refractivity contribution < 1.29 is 19.1 Å². The van der Waals surface area contributed by atoms with Crippen LogP contribution >= 0.6 is 11.8 Å². The van der Waals surface area contributed by atoms with Crippen LogP contribution in [0, 0.1) is 0 Å². The Bertz CT molecular complexity index is 1020. The molecule has 2 heterocycles. The SMILES string of the molecule is COc1ccccc1CNC(=O)CN1C(=O)[C@@H](C(=O)N2CCCCCC2)Sc2ccccc21. The molecule has 1 N–H and O–H groups in total. The van der Waals surface area contributed by atoms with Crippen molar-refractivity contribution in [3.8, 4) is 5.75 Å². The van der Waals surface area contributed by atoms with Gasteiger partial charge in [-0.1, -0.05) is 43.2 Å². The number of para-hydroxylation sites is 2. The van der Waals surface area contributed by atoms with Crippen molar-refractivity contribution in [3.63, 3.8) is 0 Å². The van der Waals surface area contributed by atoms with Crippen molar-refractivity contribution >= 4 is 35.2 Å². The predicted molar refractivity (Wildman–Crippen MR) is 128 cm³/mol. The lowest BCUT2D eigenvalue weighted by atomic mass is 10.2. The van der Waals surface area contributed by atoms with E-state index in [1.54, 1.807) is 7.11 Å². The first kappa shape index (κ1) is 23.2. The average Bonchev–Trinajstić information content (AvgIpc) is 3.14. The number of methoxy groups -OCH3 is 1. The number of ether oxygens (including phenoxy) is 1. The quantitative estimate of drug-likeness (QED) is 0.660. The van der Waals surface area contributed by atoms with Crippen LogP contribution < -0.4 is 15.0 Å². The van der Waals surface area contributed by atoms with E-state index in [1.807, 2.05) is 53.4 Å². The summed E-state index contributed by atoms with van der Waals surface area (Å²) in [5.41, 5.74) is 1.52. The van der Waals surface area contributed by atoms with Gasteiger partial charge in [0.2, 0.25) is 11.8 Å². The first-order chi connectivity index (χ1) is 16.1. The highest BCUT2D eigenvalue weighted by Crippen LogP contribution is 2.39. The number of carbonyl (C=O) groups excluding carboxylic acids is 3. The zero-order chi connectivity index (χ0) is 23.2. The normalized spacial score (nSPS) is 18.3. The number of nitrogens with one attached hydrogen (secondary N) is 1. The number of rotatable bonds is 6. The number of carbonyl (C=O) groups is 3. The van der Waals surface area contributed by atoms with Gasteiger partial charge >= 0.3 is 0 Å². The molecule has 8 heteroatoms. The van der Waals surface area contributed by atoms with Crippen LogP contribution in [0.5, 0.6) is 5.75 Å². The molecule has 1 fully saturated rings. The second-order valence-electron chi connectivity index (χ2n) is 8.22. The van der Waals surface area contributed by atoms with Gasteiger partial charge in [-0.3, -0.25) is 14.4 Å². The fraction of sp³-hybridized carbons (Fsp3) is 0.400. The van der Waals surface area contributed by atoms with Gasteiger partial charge in [0.05, 0.1) is 12.8 Å². The Hall–Kier alpha value is -3.00. The van der Waals surface area contributed by atoms with Crippen LogP contribution in [-0.4, -0.2) is 54.6 Å². The highest BCUT2D eigenvalue weighted by molar-refractivity contribution is 8.01. The summed E-state index contributed by atoms with van der Waals surface area (Å²) in [5.74, 6) is -0.0881. The van der Waals surface area contributed by atoms with E-state index >= 15 is 0 Å². The van der Waals surface area contributed by atoms with E-state index in [4.69, 9.17) is 4.74 Å². The summed E-state index contributed by atoms with van der Waals surface area (Å²) < 4.78 is 5.34. The number of fused-ring (bicyclic) bond motifs is 1. The summed E-state index contributed by atoms with van der Waals surface area (Å²) in [6.45, 7) is 1.52. The molecule has 174 valence electrons. The van der Waals surface area contributed by atoms with Crippen LogP contribution in [0.1, 0.15) is 31.2 Å². The van der Waals surface area contributed by atoms with E-state index in [-0.39, 0.29) is 30.8 Å². The fourth-order valence-corrected chi connectivity index (χ4v) is 5.42. The van der Waals surface area contributed by atoms with Gasteiger partial charge in [-0.25, -0.2) is 0 Å². The van der Waals surface area contributed by atoms with Gasteiger partial charge in [0.15, 0.2) is 5.25 Å². The Morgan fingerprint density at radius 2 is 1.73 bits per heavy atom. The summed E-state index contributed by atoms with van der Waals surface area (Å²) in [5, 5.41) is 2.01. The highest BCUT2D eigenvalue weighted by Gasteiger charge is 2.40. The van der Waals surface area contributed by atoms with Gasteiger partial charge in [-0.05, 0) is 31.0 Å². The standard InChI is InChI=1S/C25H29N3O4S/c1-32-20-12-6-4-10-18(20)16-26-22(29)17-28-19-11-5-7-13-21(19)33-23(25(28)31)24(30)27-14-8-2-3-9-15-27/h4-7,10-13,23H,2-3,8-9,14-17H2,1H3,(H,26,29)/t23-/m1/s1. The first-order valence-electron chi connectivity index (χ1n) is 11.3. The molecule has 33 heavy (non-hydrogen) atoms. The smallest absolute Gasteiger partial charge is 0.250 e. The predicted octanol–water partition coefficient (Wildman–Crippen LogP) is 3.22. The maximum atomic E-state index is 13.4. The van der Waals surface area contributed by atoms with Gasteiger partial charge < -0.3 is 19.9 Å². The van der Waals surface area contributed by atoms with Gasteiger partial charge in [-0.2, -0.15) is 0 Å². The molecule has 4 rings (SSSR count). The fourth-order valence-electron chi connectivity index (χ4n) is 4.24. The molecule has 0 aromatic heterocycles. The van der Waals surface area contributed by atoms with Gasteiger partial charge in [0.25, 0.3) is 5.91 Å². The van der Waals surface area contributed by atoms with Crippen LogP contribution in [0.25, 0.3) is 0 Å². The van der Waals surface area contributed by atoms with Crippen molar-refractivity contribution in [3.05, 3.63) is 54.1 Å². The molecule has 2 aliphatic rings. The lowest BCUT2D eigenvalue weighted by Crippen LogP contribution is -2.52. The largest absolute Gasteiger partial charge is 0.496 e. The molecule has 0 saturated carbocycles. The number of amides is 3. The van der Waals surface area contributed by atoms with Crippen LogP contribution in [0.2, 0.25) is 0 Å². The third-order valence-corrected chi connectivity index (χ3v) is 7.24. The Morgan fingerprint density at radius 3 is 2.48 bits per heavy atom. The maximum Gasteiger partial charge on any atom is 0.250 e. The number of hydrogen-bond acceptors (Lipinski definition) is 5. The van der Waals surface area contributed by atoms with Crippen molar-refractivity contribution in [2.75, 3.05) is 31.6 Å². The Labute approximate surface area is 198 Å². The van der Waals surface area contributed by atoms with E-state index in [0.717, 1.165) is 36.1 Å². The lowest BCUT2D eigenvalue weighted by Gasteiger charge is -2.34. The minimum absolute atomic E-state index is 0.144. The molecule has 0 bridgehead atoms. The number of anilines is 1. The van der Waals surface area contributed by atoms with Gasteiger partial charge in [0.1, 0.15) is 12.3 Å². The summed E-state index contributed by atoms with van der Waals surface area (Å²) in [6.07, 6.45) is 4.14. The number of likely N-dealkylation sites (tertiary alicyclic amines) is 1. The van der Waals surface area contributed by atoms with E-state index in [0.29, 0.717) is 24.5 Å². The third kappa shape index (κ3) is 5.33. The Kier molecular flexibility index (Phi) is 7.54. The molecule has 2 aromatic carbocycles. The second kappa shape index (κ2) is 10.7. The van der Waals surface area contributed by atoms with Crippen LogP contribution in [-0.2, 0) is 20.9 Å².